The zero-order valence-corrected chi connectivity index (χ0v) is 12.1. The van der Waals surface area contributed by atoms with Crippen molar-refractivity contribution in [3.8, 4) is 0 Å². The first-order valence-electron chi connectivity index (χ1n) is 5.83. The Balaban J connectivity index is 2.64. The zero-order chi connectivity index (χ0) is 13.0. The van der Waals surface area contributed by atoms with Crippen LogP contribution in [0.2, 0.25) is 10.0 Å². The van der Waals surface area contributed by atoms with Gasteiger partial charge in [-0.15, -0.1) is 0 Å². The summed E-state index contributed by atoms with van der Waals surface area (Å²) in [5.74, 6) is 0. The number of rotatable bonds is 5. The molecule has 2 nitrogen and oxygen atoms in total. The van der Waals surface area contributed by atoms with Crippen molar-refractivity contribution in [2.75, 3.05) is 13.6 Å². The second-order valence-electron chi connectivity index (χ2n) is 4.61. The number of nitrogens with zero attached hydrogens (tertiary/aromatic N) is 1. The molecule has 1 atom stereocenters. The minimum atomic E-state index is -0.0672. The fraction of sp³-hybridized carbons (Fsp3) is 0.538. The predicted molar refractivity (Wildman–Crippen MR) is 75.8 cm³/mol. The quantitative estimate of drug-likeness (QED) is 0.887. The van der Waals surface area contributed by atoms with Crippen LogP contribution in [-0.2, 0) is 0 Å². The lowest BCUT2D eigenvalue weighted by atomic mass is 10.0. The standard InChI is InChI=1S/C13H20Cl2N2/c1-9(2)17(3)8-7-12(16)10-5-4-6-11(14)13(10)15/h4-6,9,12H,7-8,16H2,1-3H3. The van der Waals surface area contributed by atoms with Gasteiger partial charge in [0, 0.05) is 12.1 Å². The SMILES string of the molecule is CC(C)N(C)CCC(N)c1cccc(Cl)c1Cl. The number of benzene rings is 1. The molecule has 1 rings (SSSR count). The topological polar surface area (TPSA) is 29.3 Å². The highest BCUT2D eigenvalue weighted by Crippen LogP contribution is 2.30. The van der Waals surface area contributed by atoms with E-state index in [-0.39, 0.29) is 6.04 Å². The van der Waals surface area contributed by atoms with Crippen molar-refractivity contribution < 1.29 is 0 Å². The summed E-state index contributed by atoms with van der Waals surface area (Å²) in [7, 11) is 2.09. The number of hydrogen-bond donors (Lipinski definition) is 1. The highest BCUT2D eigenvalue weighted by Gasteiger charge is 2.13. The fourth-order valence-electron chi connectivity index (χ4n) is 1.56. The Morgan fingerprint density at radius 1 is 1.29 bits per heavy atom. The molecule has 0 saturated carbocycles. The predicted octanol–water partition coefficient (Wildman–Crippen LogP) is 3.72. The smallest absolute Gasteiger partial charge is 0.0640 e. The van der Waals surface area contributed by atoms with Crippen LogP contribution in [0.4, 0.5) is 0 Å². The van der Waals surface area contributed by atoms with Crippen molar-refractivity contribution in [3.05, 3.63) is 33.8 Å². The first kappa shape index (κ1) is 14.8. The minimum Gasteiger partial charge on any atom is -0.324 e. The molecular weight excluding hydrogens is 255 g/mol. The summed E-state index contributed by atoms with van der Waals surface area (Å²) in [6, 6.07) is 6.06. The van der Waals surface area contributed by atoms with Gasteiger partial charge in [-0.05, 0) is 45.5 Å². The van der Waals surface area contributed by atoms with Crippen molar-refractivity contribution >= 4 is 23.2 Å². The largest absolute Gasteiger partial charge is 0.324 e. The van der Waals surface area contributed by atoms with Gasteiger partial charge in [0.2, 0.25) is 0 Å². The van der Waals surface area contributed by atoms with Crippen molar-refractivity contribution in [2.45, 2.75) is 32.4 Å². The summed E-state index contributed by atoms with van der Waals surface area (Å²) in [6.07, 6.45) is 0.870. The van der Waals surface area contributed by atoms with Gasteiger partial charge < -0.3 is 10.6 Å². The van der Waals surface area contributed by atoms with Crippen LogP contribution in [0.25, 0.3) is 0 Å². The molecule has 0 spiro atoms. The van der Waals surface area contributed by atoms with Crippen molar-refractivity contribution in [3.63, 3.8) is 0 Å². The maximum atomic E-state index is 6.14. The van der Waals surface area contributed by atoms with Crippen molar-refractivity contribution in [1.82, 2.24) is 4.90 Å². The molecule has 0 radical (unpaired) electrons. The number of nitrogens with two attached hydrogens (primary N) is 1. The van der Waals surface area contributed by atoms with E-state index in [9.17, 15) is 0 Å². The Labute approximate surface area is 114 Å². The van der Waals surface area contributed by atoms with Crippen LogP contribution in [0.5, 0.6) is 0 Å². The van der Waals surface area contributed by atoms with E-state index in [2.05, 4.69) is 25.8 Å². The zero-order valence-electron chi connectivity index (χ0n) is 10.6. The average molecular weight is 275 g/mol. The lowest BCUT2D eigenvalue weighted by Crippen LogP contribution is -2.29. The Morgan fingerprint density at radius 2 is 1.94 bits per heavy atom. The minimum absolute atomic E-state index is 0.0672. The monoisotopic (exact) mass is 274 g/mol. The van der Waals surface area contributed by atoms with E-state index in [0.29, 0.717) is 16.1 Å². The van der Waals surface area contributed by atoms with Gasteiger partial charge in [-0.2, -0.15) is 0 Å². The van der Waals surface area contributed by atoms with Gasteiger partial charge in [0.25, 0.3) is 0 Å². The van der Waals surface area contributed by atoms with Crippen LogP contribution in [0.15, 0.2) is 18.2 Å². The van der Waals surface area contributed by atoms with Crippen molar-refractivity contribution in [1.29, 1.82) is 0 Å². The highest BCUT2D eigenvalue weighted by molar-refractivity contribution is 6.42. The molecule has 0 aromatic heterocycles. The van der Waals surface area contributed by atoms with Gasteiger partial charge in [0.1, 0.15) is 0 Å². The van der Waals surface area contributed by atoms with Crippen LogP contribution < -0.4 is 5.73 Å². The van der Waals surface area contributed by atoms with E-state index in [4.69, 9.17) is 28.9 Å². The Bertz CT molecular complexity index is 366. The third-order valence-electron chi connectivity index (χ3n) is 3.06. The van der Waals surface area contributed by atoms with Crippen molar-refractivity contribution in [2.24, 2.45) is 5.73 Å². The van der Waals surface area contributed by atoms with Gasteiger partial charge in [-0.25, -0.2) is 0 Å². The Kier molecular flexibility index (Phi) is 5.74. The molecule has 1 aromatic rings. The molecule has 1 aromatic carbocycles. The maximum absolute atomic E-state index is 6.14. The number of hydrogen-bond acceptors (Lipinski definition) is 2. The average Bonchev–Trinajstić information content (AvgIpc) is 2.29. The molecule has 0 saturated heterocycles. The van der Waals surface area contributed by atoms with Gasteiger partial charge in [0.05, 0.1) is 10.0 Å². The Morgan fingerprint density at radius 3 is 2.53 bits per heavy atom. The van der Waals surface area contributed by atoms with Crippen LogP contribution in [0, 0.1) is 0 Å². The van der Waals surface area contributed by atoms with E-state index in [1.165, 1.54) is 0 Å². The summed E-state index contributed by atoms with van der Waals surface area (Å²) >= 11 is 12.1. The first-order chi connectivity index (χ1) is 7.93. The van der Waals surface area contributed by atoms with Gasteiger partial charge in [-0.1, -0.05) is 35.3 Å². The molecule has 0 aliphatic carbocycles. The summed E-state index contributed by atoms with van der Waals surface area (Å²) in [5, 5.41) is 1.14. The van der Waals surface area contributed by atoms with Crippen LogP contribution in [-0.4, -0.2) is 24.5 Å². The summed E-state index contributed by atoms with van der Waals surface area (Å²) < 4.78 is 0. The summed E-state index contributed by atoms with van der Waals surface area (Å²) in [6.45, 7) is 5.28. The third-order valence-corrected chi connectivity index (χ3v) is 3.89. The Hall–Kier alpha value is -0.280. The molecule has 2 N–H and O–H groups in total. The molecular formula is C13H20Cl2N2. The number of halogens is 2. The molecule has 0 amide bonds. The molecule has 0 bridgehead atoms. The van der Waals surface area contributed by atoms with E-state index >= 15 is 0 Å². The molecule has 96 valence electrons. The van der Waals surface area contributed by atoms with E-state index in [0.717, 1.165) is 18.5 Å². The lowest BCUT2D eigenvalue weighted by Gasteiger charge is -2.23. The second kappa shape index (κ2) is 6.60. The molecule has 17 heavy (non-hydrogen) atoms. The van der Waals surface area contributed by atoms with Gasteiger partial charge in [0.15, 0.2) is 0 Å². The lowest BCUT2D eigenvalue weighted by molar-refractivity contribution is 0.263. The molecule has 0 aliphatic rings. The maximum Gasteiger partial charge on any atom is 0.0640 e. The normalized spacial score (nSPS) is 13.4. The van der Waals surface area contributed by atoms with Crippen LogP contribution in [0.3, 0.4) is 0 Å². The van der Waals surface area contributed by atoms with Gasteiger partial charge in [-0.3, -0.25) is 0 Å². The van der Waals surface area contributed by atoms with E-state index in [1.807, 2.05) is 12.1 Å². The third kappa shape index (κ3) is 4.14. The summed E-state index contributed by atoms with van der Waals surface area (Å²) in [4.78, 5) is 2.26. The van der Waals surface area contributed by atoms with Gasteiger partial charge >= 0.3 is 0 Å². The second-order valence-corrected chi connectivity index (χ2v) is 5.40. The van der Waals surface area contributed by atoms with Crippen LogP contribution >= 0.6 is 23.2 Å². The molecule has 4 heteroatoms. The molecule has 0 heterocycles. The fourth-order valence-corrected chi connectivity index (χ4v) is 2.01. The molecule has 1 unspecified atom stereocenters. The first-order valence-corrected chi connectivity index (χ1v) is 6.58. The highest BCUT2D eigenvalue weighted by atomic mass is 35.5. The molecule has 0 fully saturated rings. The summed E-state index contributed by atoms with van der Waals surface area (Å²) in [5.41, 5.74) is 7.07. The van der Waals surface area contributed by atoms with E-state index in [1.54, 1.807) is 6.07 Å². The molecule has 0 aliphatic heterocycles. The van der Waals surface area contributed by atoms with Crippen LogP contribution in [0.1, 0.15) is 31.9 Å². The van der Waals surface area contributed by atoms with E-state index < -0.39 is 0 Å².